The summed E-state index contributed by atoms with van der Waals surface area (Å²) in [6, 6.07) is 22.8. The average molecular weight is 389 g/mol. The first-order valence-electron chi connectivity index (χ1n) is 9.41. The number of hydrogen-bond donors (Lipinski definition) is 1. The highest BCUT2D eigenvalue weighted by Gasteiger charge is 2.51. The fourth-order valence-corrected chi connectivity index (χ4v) is 4.18. The predicted molar refractivity (Wildman–Crippen MR) is 108 cm³/mol. The smallest absolute Gasteiger partial charge is 0.304 e. The summed E-state index contributed by atoms with van der Waals surface area (Å²) in [6.45, 7) is 0.348. The molecule has 4 rings (SSSR count). The number of halogens is 1. The molecule has 0 fully saturated rings. The van der Waals surface area contributed by atoms with Gasteiger partial charge in [-0.2, -0.15) is 0 Å². The van der Waals surface area contributed by atoms with Crippen LogP contribution in [0.15, 0.2) is 78.9 Å². The van der Waals surface area contributed by atoms with Gasteiger partial charge in [0.1, 0.15) is 5.82 Å². The maximum atomic E-state index is 13.8. The second-order valence-electron chi connectivity index (χ2n) is 7.35. The number of hydrogen-bond acceptors (Lipinski definition) is 2. The average Bonchev–Trinajstić information content (AvgIpc) is 2.91. The molecule has 1 aliphatic rings. The van der Waals surface area contributed by atoms with Gasteiger partial charge in [0.25, 0.3) is 0 Å². The van der Waals surface area contributed by atoms with Crippen molar-refractivity contribution in [3.05, 3.63) is 101 Å². The van der Waals surface area contributed by atoms with E-state index >= 15 is 0 Å². The van der Waals surface area contributed by atoms with E-state index in [1.165, 1.54) is 12.1 Å². The monoisotopic (exact) mass is 389 g/mol. The quantitative estimate of drug-likeness (QED) is 0.683. The van der Waals surface area contributed by atoms with Crippen molar-refractivity contribution in [2.45, 2.75) is 24.8 Å². The number of anilines is 1. The normalized spacial score (nSPS) is 18.0. The van der Waals surface area contributed by atoms with Crippen molar-refractivity contribution < 1.29 is 19.1 Å². The standard InChI is InChI=1S/C24H20FNO3/c25-19-10-6-9-18(13-19)14-24(15-22(27)28)20-11-4-5-12-21(20)26(23(24)29)16-17-7-2-1-3-8-17/h1-13H,14-16H2,(H,27,28). The minimum Gasteiger partial charge on any atom is -0.481 e. The number of benzene rings is 3. The van der Waals surface area contributed by atoms with Crippen LogP contribution in [0.1, 0.15) is 23.1 Å². The van der Waals surface area contributed by atoms with Gasteiger partial charge >= 0.3 is 5.97 Å². The molecule has 1 N–H and O–H groups in total. The molecule has 0 saturated carbocycles. The molecule has 1 unspecified atom stereocenters. The Morgan fingerprint density at radius 2 is 1.62 bits per heavy atom. The molecule has 29 heavy (non-hydrogen) atoms. The minimum absolute atomic E-state index is 0.123. The molecule has 0 aliphatic carbocycles. The molecule has 0 spiro atoms. The van der Waals surface area contributed by atoms with Crippen molar-refractivity contribution in [1.29, 1.82) is 0 Å². The highest BCUT2D eigenvalue weighted by molar-refractivity contribution is 6.09. The van der Waals surface area contributed by atoms with Crippen molar-refractivity contribution in [3.63, 3.8) is 0 Å². The summed E-state index contributed by atoms with van der Waals surface area (Å²) in [5.41, 5.74) is 1.65. The van der Waals surface area contributed by atoms with E-state index in [4.69, 9.17) is 0 Å². The number of carbonyl (C=O) groups is 2. The molecule has 3 aromatic rings. The van der Waals surface area contributed by atoms with Crippen molar-refractivity contribution >= 4 is 17.6 Å². The van der Waals surface area contributed by atoms with Crippen LogP contribution in [0, 0.1) is 5.82 Å². The van der Waals surface area contributed by atoms with Crippen LogP contribution >= 0.6 is 0 Å². The Labute approximate surface area is 168 Å². The topological polar surface area (TPSA) is 57.6 Å². The Hall–Kier alpha value is -3.47. The summed E-state index contributed by atoms with van der Waals surface area (Å²) in [4.78, 5) is 27.1. The van der Waals surface area contributed by atoms with Crippen LogP contribution < -0.4 is 4.90 Å². The Morgan fingerprint density at radius 3 is 2.34 bits per heavy atom. The van der Waals surface area contributed by atoms with Gasteiger partial charge in [0.05, 0.1) is 18.4 Å². The number of para-hydroxylation sites is 1. The lowest BCUT2D eigenvalue weighted by Gasteiger charge is -2.27. The van der Waals surface area contributed by atoms with E-state index in [0.717, 1.165) is 5.56 Å². The van der Waals surface area contributed by atoms with Crippen LogP contribution in [0.4, 0.5) is 10.1 Å². The van der Waals surface area contributed by atoms with Gasteiger partial charge in [0.15, 0.2) is 0 Å². The van der Waals surface area contributed by atoms with Crippen molar-refractivity contribution in [2.24, 2.45) is 0 Å². The number of nitrogens with zero attached hydrogens (tertiary/aromatic N) is 1. The molecule has 0 aromatic heterocycles. The fraction of sp³-hybridized carbons (Fsp3) is 0.167. The highest BCUT2D eigenvalue weighted by Crippen LogP contribution is 2.46. The van der Waals surface area contributed by atoms with Crippen LogP contribution in [-0.2, 0) is 28.0 Å². The van der Waals surface area contributed by atoms with E-state index in [9.17, 15) is 19.1 Å². The Kier molecular flexibility index (Phi) is 4.89. The fourth-order valence-electron chi connectivity index (χ4n) is 4.18. The molecule has 1 heterocycles. The molecule has 0 bridgehead atoms. The van der Waals surface area contributed by atoms with Gasteiger partial charge in [-0.15, -0.1) is 0 Å². The zero-order chi connectivity index (χ0) is 20.4. The van der Waals surface area contributed by atoms with Crippen molar-refractivity contribution in [2.75, 3.05) is 4.90 Å². The Bertz CT molecular complexity index is 1070. The van der Waals surface area contributed by atoms with E-state index in [2.05, 4.69) is 0 Å². The van der Waals surface area contributed by atoms with Crippen LogP contribution in [0.2, 0.25) is 0 Å². The summed E-state index contributed by atoms with van der Waals surface area (Å²) in [5.74, 6) is -1.74. The SMILES string of the molecule is O=C(O)CC1(Cc2cccc(F)c2)C(=O)N(Cc2ccccc2)c2ccccc21. The number of carboxylic acid groups (broad SMARTS) is 1. The summed E-state index contributed by atoms with van der Waals surface area (Å²) in [5, 5.41) is 9.65. The van der Waals surface area contributed by atoms with Crippen LogP contribution in [0.5, 0.6) is 0 Å². The van der Waals surface area contributed by atoms with Gasteiger partial charge in [0, 0.05) is 5.69 Å². The molecule has 4 nitrogen and oxygen atoms in total. The third-order valence-corrected chi connectivity index (χ3v) is 5.40. The first kappa shape index (κ1) is 18.9. The number of aliphatic carboxylic acids is 1. The zero-order valence-corrected chi connectivity index (χ0v) is 15.7. The molecule has 5 heteroatoms. The minimum atomic E-state index is -1.27. The molecular formula is C24H20FNO3. The first-order chi connectivity index (χ1) is 14.0. The molecule has 146 valence electrons. The van der Waals surface area contributed by atoms with Crippen molar-refractivity contribution in [3.8, 4) is 0 Å². The number of amides is 1. The summed E-state index contributed by atoms with van der Waals surface area (Å²) in [7, 11) is 0. The maximum Gasteiger partial charge on any atom is 0.304 e. The summed E-state index contributed by atoms with van der Waals surface area (Å²) >= 11 is 0. The molecular weight excluding hydrogens is 369 g/mol. The van der Waals surface area contributed by atoms with Crippen molar-refractivity contribution in [1.82, 2.24) is 0 Å². The Balaban J connectivity index is 1.81. The van der Waals surface area contributed by atoms with E-state index in [1.807, 2.05) is 42.5 Å². The third-order valence-electron chi connectivity index (χ3n) is 5.40. The maximum absolute atomic E-state index is 13.8. The third kappa shape index (κ3) is 3.51. The lowest BCUT2D eigenvalue weighted by atomic mass is 9.74. The van der Waals surface area contributed by atoms with E-state index in [-0.39, 0.29) is 18.7 Å². The van der Waals surface area contributed by atoms with E-state index in [0.29, 0.717) is 23.4 Å². The number of rotatable bonds is 6. The molecule has 1 amide bonds. The summed E-state index contributed by atoms with van der Waals surface area (Å²) < 4.78 is 13.8. The number of carbonyl (C=O) groups excluding carboxylic acids is 1. The molecule has 1 atom stereocenters. The largest absolute Gasteiger partial charge is 0.481 e. The molecule has 0 saturated heterocycles. The molecule has 1 aliphatic heterocycles. The first-order valence-corrected chi connectivity index (χ1v) is 9.41. The lowest BCUT2D eigenvalue weighted by molar-refractivity contribution is -0.141. The molecule has 3 aromatic carbocycles. The second kappa shape index (κ2) is 7.51. The van der Waals surface area contributed by atoms with Crippen LogP contribution in [0.3, 0.4) is 0 Å². The summed E-state index contributed by atoms with van der Waals surface area (Å²) in [6.07, 6.45) is -0.233. The van der Waals surface area contributed by atoms with Crippen LogP contribution in [0.25, 0.3) is 0 Å². The Morgan fingerprint density at radius 1 is 0.931 bits per heavy atom. The van der Waals surface area contributed by atoms with Gasteiger partial charge in [-0.05, 0) is 41.3 Å². The zero-order valence-electron chi connectivity index (χ0n) is 15.7. The number of fused-ring (bicyclic) bond motifs is 1. The van der Waals surface area contributed by atoms with Gasteiger partial charge < -0.3 is 10.0 Å². The lowest BCUT2D eigenvalue weighted by Crippen LogP contribution is -2.43. The van der Waals surface area contributed by atoms with Gasteiger partial charge in [0.2, 0.25) is 5.91 Å². The van der Waals surface area contributed by atoms with E-state index < -0.39 is 17.2 Å². The van der Waals surface area contributed by atoms with Gasteiger partial charge in [-0.3, -0.25) is 9.59 Å². The highest BCUT2D eigenvalue weighted by atomic mass is 19.1. The van der Waals surface area contributed by atoms with Gasteiger partial charge in [-0.1, -0.05) is 60.7 Å². The predicted octanol–water partition coefficient (Wildman–Crippen LogP) is 4.33. The van der Waals surface area contributed by atoms with Gasteiger partial charge in [-0.25, -0.2) is 4.39 Å². The van der Waals surface area contributed by atoms with E-state index in [1.54, 1.807) is 29.2 Å². The molecule has 0 radical (unpaired) electrons. The number of carboxylic acids is 1. The second-order valence-corrected chi connectivity index (χ2v) is 7.35. The van der Waals surface area contributed by atoms with Crippen LogP contribution in [-0.4, -0.2) is 17.0 Å².